The van der Waals surface area contributed by atoms with Crippen LogP contribution in [0.25, 0.3) is 0 Å². The monoisotopic (exact) mass is 252 g/mol. The van der Waals surface area contributed by atoms with Gasteiger partial charge in [0.2, 0.25) is 0 Å². The fourth-order valence-corrected chi connectivity index (χ4v) is 1.63. The number of rotatable bonds is 3. The third-order valence-corrected chi connectivity index (χ3v) is 2.62. The Kier molecular flexibility index (Phi) is 3.24. The number of aliphatic carboxylic acids is 1. The first-order valence-electron chi connectivity index (χ1n) is 3.89. The summed E-state index contributed by atoms with van der Waals surface area (Å²) in [4.78, 5) is 9.03. The Morgan fingerprint density at radius 3 is 2.25 bits per heavy atom. The zero-order valence-corrected chi connectivity index (χ0v) is 8.46. The molecule has 0 aliphatic heterocycles. The molecular weight excluding hydrogens is 246 g/mol. The number of benzene rings is 1. The number of hydrogen-bond acceptors (Lipinski definition) is 3. The third-order valence-electron chi connectivity index (χ3n) is 1.75. The molecule has 16 heavy (non-hydrogen) atoms. The largest absolute Gasteiger partial charge is 0.481 e. The third kappa shape index (κ3) is 2.52. The molecule has 2 N–H and O–H groups in total. The molecule has 0 aliphatic carbocycles. The van der Waals surface area contributed by atoms with E-state index in [0.29, 0.717) is 6.07 Å². The predicted octanol–water partition coefficient (Wildman–Crippen LogP) is 0.839. The van der Waals surface area contributed by atoms with Crippen LogP contribution in [0.1, 0.15) is 5.56 Å². The highest BCUT2D eigenvalue weighted by molar-refractivity contribution is 7.85. The molecule has 0 heterocycles. The van der Waals surface area contributed by atoms with Crippen molar-refractivity contribution >= 4 is 16.1 Å². The second-order valence-corrected chi connectivity index (χ2v) is 4.29. The second kappa shape index (κ2) is 4.14. The molecule has 0 amide bonds. The zero-order valence-electron chi connectivity index (χ0n) is 7.65. The van der Waals surface area contributed by atoms with E-state index in [1.807, 2.05) is 0 Å². The highest BCUT2D eigenvalue weighted by Gasteiger charge is 2.22. The lowest BCUT2D eigenvalue weighted by Crippen LogP contribution is -2.08. The van der Waals surface area contributed by atoms with Crippen LogP contribution in [0.5, 0.6) is 0 Å². The fraction of sp³-hybridized carbons (Fsp3) is 0.125. The van der Waals surface area contributed by atoms with Crippen molar-refractivity contribution < 1.29 is 31.7 Å². The molecule has 0 radical (unpaired) electrons. The van der Waals surface area contributed by atoms with Gasteiger partial charge in [0.1, 0.15) is 4.90 Å². The number of halogens is 2. The van der Waals surface area contributed by atoms with Gasteiger partial charge in [0.15, 0.2) is 11.6 Å². The van der Waals surface area contributed by atoms with Crippen molar-refractivity contribution in [1.82, 2.24) is 0 Å². The Morgan fingerprint density at radius 1 is 1.25 bits per heavy atom. The minimum atomic E-state index is -4.86. The summed E-state index contributed by atoms with van der Waals surface area (Å²) < 4.78 is 55.9. The maximum atomic E-state index is 13.1. The van der Waals surface area contributed by atoms with Crippen molar-refractivity contribution in [3.63, 3.8) is 0 Å². The molecule has 1 aromatic rings. The maximum Gasteiger partial charge on any atom is 0.307 e. The van der Waals surface area contributed by atoms with Gasteiger partial charge < -0.3 is 5.11 Å². The van der Waals surface area contributed by atoms with Crippen molar-refractivity contribution in [3.8, 4) is 0 Å². The minimum absolute atomic E-state index is 0.502. The standard InChI is InChI=1S/C8H6F2O5S/c9-7-4(3-6(11)12)1-2-5(8(7)10)16(13,14)15/h1-2H,3H2,(H,11,12)(H,13,14,15). The lowest BCUT2D eigenvalue weighted by atomic mass is 10.1. The normalized spacial score (nSPS) is 11.4. The van der Waals surface area contributed by atoms with Gasteiger partial charge in [0.25, 0.3) is 10.1 Å². The van der Waals surface area contributed by atoms with Crippen LogP contribution in [-0.2, 0) is 21.3 Å². The van der Waals surface area contributed by atoms with Crippen LogP contribution in [0.2, 0.25) is 0 Å². The molecule has 0 spiro atoms. The van der Waals surface area contributed by atoms with Crippen LogP contribution >= 0.6 is 0 Å². The molecule has 1 aromatic carbocycles. The number of carboxylic acid groups (broad SMARTS) is 1. The molecule has 1 rings (SSSR count). The molecular formula is C8H6F2O5S. The Balaban J connectivity index is 3.35. The quantitative estimate of drug-likeness (QED) is 0.778. The first-order valence-corrected chi connectivity index (χ1v) is 5.33. The van der Waals surface area contributed by atoms with Crippen LogP contribution in [-0.4, -0.2) is 24.0 Å². The van der Waals surface area contributed by atoms with Gasteiger partial charge >= 0.3 is 5.97 Å². The Bertz CT molecular complexity index is 538. The summed E-state index contributed by atoms with van der Waals surface area (Å²) in [5.41, 5.74) is -0.502. The van der Waals surface area contributed by atoms with E-state index in [9.17, 15) is 22.0 Å². The summed E-state index contributed by atoms with van der Waals surface area (Å²) in [6.07, 6.45) is -0.783. The highest BCUT2D eigenvalue weighted by Crippen LogP contribution is 2.20. The van der Waals surface area contributed by atoms with E-state index >= 15 is 0 Å². The van der Waals surface area contributed by atoms with Crippen LogP contribution in [0.4, 0.5) is 8.78 Å². The van der Waals surface area contributed by atoms with Gasteiger partial charge in [0.05, 0.1) is 6.42 Å². The Labute approximate surface area is 89.1 Å². The molecule has 0 aliphatic rings. The van der Waals surface area contributed by atoms with Gasteiger partial charge in [-0.1, -0.05) is 6.07 Å². The molecule has 0 fully saturated rings. The van der Waals surface area contributed by atoms with E-state index in [-0.39, 0.29) is 0 Å². The molecule has 0 unspecified atom stereocenters. The molecule has 88 valence electrons. The zero-order chi connectivity index (χ0) is 12.5. The summed E-state index contributed by atoms with van der Waals surface area (Å²) in [5.74, 6) is -4.78. The van der Waals surface area contributed by atoms with E-state index in [1.54, 1.807) is 0 Å². The van der Waals surface area contributed by atoms with Gasteiger partial charge in [-0.2, -0.15) is 8.42 Å². The van der Waals surface area contributed by atoms with Crippen LogP contribution in [0.3, 0.4) is 0 Å². The number of carbonyl (C=O) groups is 1. The van der Waals surface area contributed by atoms with Gasteiger partial charge in [-0.15, -0.1) is 0 Å². The van der Waals surface area contributed by atoms with E-state index in [0.717, 1.165) is 6.07 Å². The molecule has 0 saturated carbocycles. The summed E-state index contributed by atoms with van der Waals surface area (Å²) in [6, 6.07) is 1.39. The lowest BCUT2D eigenvalue weighted by Gasteiger charge is -2.04. The molecule has 0 atom stereocenters. The molecule has 8 heteroatoms. The van der Waals surface area contributed by atoms with Crippen molar-refractivity contribution in [2.45, 2.75) is 11.3 Å². The molecule has 0 saturated heterocycles. The van der Waals surface area contributed by atoms with E-state index in [1.165, 1.54) is 0 Å². The van der Waals surface area contributed by atoms with E-state index < -0.39 is 44.6 Å². The first-order chi connectivity index (χ1) is 7.23. The maximum absolute atomic E-state index is 13.1. The average Bonchev–Trinajstić information content (AvgIpc) is 2.10. The van der Waals surface area contributed by atoms with Gasteiger partial charge in [-0.05, 0) is 6.07 Å². The smallest absolute Gasteiger partial charge is 0.307 e. The van der Waals surface area contributed by atoms with Crippen LogP contribution < -0.4 is 0 Å². The van der Waals surface area contributed by atoms with Crippen molar-refractivity contribution in [3.05, 3.63) is 29.3 Å². The summed E-state index contributed by atoms with van der Waals surface area (Å²) in [6.45, 7) is 0. The van der Waals surface area contributed by atoms with Crippen molar-refractivity contribution in [2.24, 2.45) is 0 Å². The van der Waals surface area contributed by atoms with Crippen LogP contribution in [0, 0.1) is 11.6 Å². The van der Waals surface area contributed by atoms with Gasteiger partial charge in [0, 0.05) is 5.56 Å². The van der Waals surface area contributed by atoms with E-state index in [4.69, 9.17) is 9.66 Å². The predicted molar refractivity (Wildman–Crippen MR) is 47.5 cm³/mol. The Hall–Kier alpha value is -1.54. The fourth-order valence-electron chi connectivity index (χ4n) is 1.07. The first kappa shape index (κ1) is 12.5. The summed E-state index contributed by atoms with van der Waals surface area (Å²) >= 11 is 0. The average molecular weight is 252 g/mol. The molecule has 5 nitrogen and oxygen atoms in total. The van der Waals surface area contributed by atoms with Crippen LogP contribution in [0.15, 0.2) is 17.0 Å². The number of hydrogen-bond donors (Lipinski definition) is 2. The SMILES string of the molecule is O=C(O)Cc1ccc(S(=O)(=O)O)c(F)c1F. The summed E-state index contributed by atoms with van der Waals surface area (Å²) in [5, 5.41) is 8.35. The minimum Gasteiger partial charge on any atom is -0.481 e. The van der Waals surface area contributed by atoms with E-state index in [2.05, 4.69) is 0 Å². The molecule has 0 aromatic heterocycles. The van der Waals surface area contributed by atoms with Crippen molar-refractivity contribution in [1.29, 1.82) is 0 Å². The second-order valence-electron chi connectivity index (χ2n) is 2.90. The topological polar surface area (TPSA) is 91.7 Å². The summed E-state index contributed by atoms with van der Waals surface area (Å²) in [7, 11) is -4.86. The van der Waals surface area contributed by atoms with Crippen molar-refractivity contribution in [2.75, 3.05) is 0 Å². The Morgan fingerprint density at radius 2 is 1.81 bits per heavy atom. The number of carboxylic acids is 1. The molecule has 0 bridgehead atoms. The van der Waals surface area contributed by atoms with Gasteiger partial charge in [-0.25, -0.2) is 8.78 Å². The highest BCUT2D eigenvalue weighted by atomic mass is 32.2. The van der Waals surface area contributed by atoms with Gasteiger partial charge in [-0.3, -0.25) is 9.35 Å². The lowest BCUT2D eigenvalue weighted by molar-refractivity contribution is -0.136.